The van der Waals surface area contributed by atoms with Crippen LogP contribution in [-0.4, -0.2) is 64.7 Å². The summed E-state index contributed by atoms with van der Waals surface area (Å²) >= 11 is 8.16. The van der Waals surface area contributed by atoms with Gasteiger partial charge in [0.2, 0.25) is 33.7 Å². The number of thioether (sulfide) groups is 2. The van der Waals surface area contributed by atoms with Crippen molar-refractivity contribution in [3.05, 3.63) is 331 Å². The van der Waals surface area contributed by atoms with Crippen LogP contribution >= 0.6 is 46.2 Å². The SMILES string of the molecule is CN1C(=CC=Cc2sc3ccccc3[n+]2C)Sc2ccccc21.CN1C(=Cc2[se]c3ccccc3[n+]2C)[Se]c2ccccc21.CN1C(=Cc2ccc3ccccc3[n+]2C)C=Cc2ccccc21.CN1C(=Cc2oc3ccccc3[n+]2C)Oc2ccccc21.CN1C(=Cc2sc3ccccc3[n+]2C)Sc2ccccc21. The maximum atomic E-state index is 5.89. The Balaban J connectivity index is 0.000000104. The molecule has 0 aliphatic carbocycles. The second-order valence-corrected chi connectivity index (χ2v) is 35.3. The van der Waals surface area contributed by atoms with Crippen LogP contribution in [0.15, 0.2) is 313 Å². The first-order valence-electron chi connectivity index (χ1n) is 35.9. The molecule has 10 heterocycles. The third kappa shape index (κ3) is 14.9. The molecule has 0 amide bonds. The van der Waals surface area contributed by atoms with Gasteiger partial charge in [-0.2, -0.15) is 18.3 Å². The Morgan fingerprint density at radius 2 is 0.972 bits per heavy atom. The molecule has 0 unspecified atom stereocenters. The average Bonchev–Trinajstić information content (AvgIpc) is 1.60. The number of likely N-dealkylation sites (N-methyl/N-ethyl adjacent to an activating group) is 1. The largest absolute Gasteiger partial charge is 0.438 e. The number of fused-ring (bicyclic) bond motifs is 10. The minimum absolute atomic E-state index is 0.421. The van der Waals surface area contributed by atoms with Crippen molar-refractivity contribution in [2.24, 2.45) is 35.2 Å². The smallest absolute Gasteiger partial charge is 0.379 e. The number of anilines is 5. The number of allylic oxidation sites excluding steroid dienone is 3. The van der Waals surface area contributed by atoms with Crippen LogP contribution in [-0.2, 0) is 35.2 Å². The zero-order chi connectivity index (χ0) is 74.8. The maximum absolute atomic E-state index is 5.89. The van der Waals surface area contributed by atoms with E-state index >= 15 is 0 Å². The number of oxazole rings is 1. The van der Waals surface area contributed by atoms with Gasteiger partial charge >= 0.3 is 143 Å². The number of benzene rings is 10. The molecule has 5 aliphatic rings. The molecule has 109 heavy (non-hydrogen) atoms. The fourth-order valence-corrected chi connectivity index (χ4v) is 23.0. The van der Waals surface area contributed by atoms with Gasteiger partial charge in [0.25, 0.3) is 15.5 Å². The third-order valence-electron chi connectivity index (χ3n) is 19.9. The van der Waals surface area contributed by atoms with E-state index in [0.29, 0.717) is 29.5 Å². The zero-order valence-electron chi connectivity index (χ0n) is 62.2. The van der Waals surface area contributed by atoms with Crippen LogP contribution in [0.4, 0.5) is 28.4 Å². The van der Waals surface area contributed by atoms with Crippen molar-refractivity contribution in [1.29, 1.82) is 0 Å². The summed E-state index contributed by atoms with van der Waals surface area (Å²) in [5.41, 5.74) is 17.0. The van der Waals surface area contributed by atoms with Gasteiger partial charge in [0.05, 0.1) is 33.2 Å². The molecule has 15 aromatic rings. The van der Waals surface area contributed by atoms with Crippen molar-refractivity contribution in [3.63, 3.8) is 0 Å². The first kappa shape index (κ1) is 72.4. The molecule has 5 aromatic heterocycles. The number of rotatable bonds is 6. The maximum Gasteiger partial charge on any atom is 0.379 e. The number of pyridine rings is 1. The monoisotopic (exact) mass is 1630 g/mol. The number of aromatic nitrogens is 5. The number of thiazole rings is 2. The van der Waals surface area contributed by atoms with Gasteiger partial charge in [-0.1, -0.05) is 161 Å². The van der Waals surface area contributed by atoms with Crippen LogP contribution in [0.2, 0.25) is 0 Å². The molecular weight excluding hydrogens is 1550 g/mol. The summed E-state index contributed by atoms with van der Waals surface area (Å²) in [5, 5.41) is 6.32. The number of aryl methyl sites for hydroxylation is 5. The molecule has 0 spiro atoms. The quantitative estimate of drug-likeness (QED) is 0.120. The van der Waals surface area contributed by atoms with Gasteiger partial charge in [-0.3, -0.25) is 0 Å². The Kier molecular flexibility index (Phi) is 21.2. The normalized spacial score (nSPS) is 15.7. The second kappa shape index (κ2) is 31.8. The van der Waals surface area contributed by atoms with Crippen molar-refractivity contribution in [2.45, 2.75) is 9.79 Å². The summed E-state index contributed by atoms with van der Waals surface area (Å²) < 4.78 is 31.5. The minimum atomic E-state index is 0.421. The molecule has 0 fully saturated rings. The molecule has 0 atom stereocenters. The van der Waals surface area contributed by atoms with Gasteiger partial charge in [0, 0.05) is 97.2 Å². The summed E-state index contributed by atoms with van der Waals surface area (Å²) in [7, 11) is 21.1. The number of hydrogen-bond donors (Lipinski definition) is 0. The van der Waals surface area contributed by atoms with Crippen molar-refractivity contribution < 1.29 is 32.0 Å². The van der Waals surface area contributed by atoms with Gasteiger partial charge in [0.1, 0.15) is 43.7 Å². The van der Waals surface area contributed by atoms with E-state index in [1.165, 1.54) is 124 Å². The second-order valence-electron chi connectivity index (χ2n) is 26.6. The van der Waals surface area contributed by atoms with E-state index in [2.05, 4.69) is 349 Å². The molecule has 0 radical (unpaired) electrons. The molecule has 0 saturated heterocycles. The van der Waals surface area contributed by atoms with E-state index in [4.69, 9.17) is 9.15 Å². The van der Waals surface area contributed by atoms with Gasteiger partial charge in [-0.15, -0.1) is 0 Å². The van der Waals surface area contributed by atoms with Gasteiger partial charge < -0.3 is 28.8 Å². The van der Waals surface area contributed by atoms with E-state index in [0.717, 1.165) is 34.3 Å². The topological polar surface area (TPSA) is 58.0 Å². The van der Waals surface area contributed by atoms with Crippen LogP contribution in [0.3, 0.4) is 0 Å². The van der Waals surface area contributed by atoms with Crippen molar-refractivity contribution in [3.8, 4) is 5.75 Å². The predicted molar refractivity (Wildman–Crippen MR) is 461 cm³/mol. The van der Waals surface area contributed by atoms with E-state index in [1.54, 1.807) is 0 Å². The fraction of sp³-hybridized carbons (Fsp3) is 0.110. The summed E-state index contributed by atoms with van der Waals surface area (Å²) in [6.07, 6.45) is 19.7. The molecule has 12 nitrogen and oxygen atoms in total. The molecule has 0 N–H and O–H groups in total. The molecular formula is C91H81N10O2S4Se2+5. The van der Waals surface area contributed by atoms with E-state index in [1.807, 2.05) is 124 Å². The van der Waals surface area contributed by atoms with Gasteiger partial charge in [-0.25, -0.2) is 0 Å². The number of ether oxygens (including phenoxy) is 1. The van der Waals surface area contributed by atoms with Crippen LogP contribution in [0.25, 0.3) is 88.7 Å². The predicted octanol–water partition coefficient (Wildman–Crippen LogP) is 17.8. The Morgan fingerprint density at radius 3 is 1.66 bits per heavy atom. The molecule has 20 rings (SSSR count). The van der Waals surface area contributed by atoms with E-state index in [9.17, 15) is 0 Å². The number of nitrogens with zero attached hydrogens (tertiary/aromatic N) is 10. The van der Waals surface area contributed by atoms with Crippen molar-refractivity contribution in [2.75, 3.05) is 59.7 Å². The Labute approximate surface area is 665 Å². The molecule has 0 saturated carbocycles. The van der Waals surface area contributed by atoms with Crippen LogP contribution in [0.1, 0.15) is 31.7 Å². The van der Waals surface area contributed by atoms with Crippen LogP contribution in [0, 0.1) is 0 Å². The van der Waals surface area contributed by atoms with Crippen LogP contribution in [0.5, 0.6) is 5.75 Å². The summed E-state index contributed by atoms with van der Waals surface area (Å²) in [6.45, 7) is 0. The molecule has 18 heteroatoms. The first-order valence-corrected chi connectivity index (χ1v) is 42.6. The fourth-order valence-electron chi connectivity index (χ4n) is 13.7. The van der Waals surface area contributed by atoms with Crippen molar-refractivity contribution >= 4 is 197 Å². The van der Waals surface area contributed by atoms with Crippen LogP contribution < -0.4 is 56.5 Å². The van der Waals surface area contributed by atoms with Crippen molar-refractivity contribution in [1.82, 2.24) is 0 Å². The van der Waals surface area contributed by atoms with E-state index in [-0.39, 0.29) is 0 Å². The zero-order valence-corrected chi connectivity index (χ0v) is 68.9. The third-order valence-corrected chi connectivity index (χ3v) is 29.5. The molecule has 10 aromatic carbocycles. The standard InChI is InChI=1S/C21H19N2.C19H17N2S2.C17H15N2O2.C17H15N2S2.C17H15N2Se2/c1-22-18(13-11-16-7-3-5-9-20(16)22)15-19-14-12-17-8-4-6-10-21(17)23(19)2;1-20-14-8-3-5-10-16(14)22-18(20)12-7-13-19-21(2)15-9-4-6-11-17(15)23-19;3*1-18-12-7-3-5-9-14(12)20-16(18)11-17-19(2)13-8-4-6-10-15(13)21-17/h3-15H,1-2H3;3-13H,1-2H3;3*3-11H,1-2H3/q5*+1. The Bertz CT molecular complexity index is 5890. The molecule has 5 aliphatic heterocycles. The molecule has 0 bridgehead atoms. The van der Waals surface area contributed by atoms with Gasteiger partial charge in [-0.05, 0) is 90.5 Å². The summed E-state index contributed by atoms with van der Waals surface area (Å²) in [5.74, 6) is 2.38. The Morgan fingerprint density at radius 1 is 0.404 bits per heavy atom. The Hall–Kier alpha value is -10.8. The minimum Gasteiger partial charge on any atom is -0.438 e. The summed E-state index contributed by atoms with van der Waals surface area (Å²) in [6, 6.07) is 88.9. The summed E-state index contributed by atoms with van der Waals surface area (Å²) in [4.78, 5) is 13.8. The first-order chi connectivity index (χ1) is 53.2. The number of para-hydroxylation sites is 12. The number of hydrogen-bond acceptors (Lipinski definition) is 11. The van der Waals surface area contributed by atoms with Gasteiger partial charge in [0.15, 0.2) is 5.75 Å². The average molecular weight is 1630 g/mol. The van der Waals surface area contributed by atoms with E-state index < -0.39 is 0 Å². The molecule has 538 valence electrons.